The molecule has 1 atom stereocenters. The van der Waals surface area contributed by atoms with Crippen molar-refractivity contribution in [3.63, 3.8) is 0 Å². The molecule has 2 aromatic rings. The first kappa shape index (κ1) is 17.5. The third-order valence-electron chi connectivity index (χ3n) is 4.74. The largest absolute Gasteiger partial charge is 0.337 e. The average molecular weight is 341 g/mol. The zero-order valence-corrected chi connectivity index (χ0v) is 15.0. The number of imidazole rings is 1. The summed E-state index contributed by atoms with van der Waals surface area (Å²) in [4.78, 5) is 18.4. The molecule has 25 heavy (non-hydrogen) atoms. The van der Waals surface area contributed by atoms with E-state index in [9.17, 15) is 4.79 Å². The molecule has 1 heterocycles. The van der Waals surface area contributed by atoms with Gasteiger partial charge in [-0.25, -0.2) is 9.78 Å². The molecule has 2 N–H and O–H groups in total. The number of urea groups is 1. The van der Waals surface area contributed by atoms with Crippen LogP contribution in [-0.2, 0) is 13.1 Å². The minimum Gasteiger partial charge on any atom is -0.337 e. The highest BCUT2D eigenvalue weighted by molar-refractivity contribution is 5.73. The number of carbonyl (C=O) groups is 1. The summed E-state index contributed by atoms with van der Waals surface area (Å²) in [6.45, 7) is 4.12. The number of benzene rings is 1. The Kier molecular flexibility index (Phi) is 5.71. The molecule has 0 radical (unpaired) electrons. The summed E-state index contributed by atoms with van der Waals surface area (Å²) in [7, 11) is 2.13. The maximum Gasteiger partial charge on any atom is 0.315 e. The summed E-state index contributed by atoms with van der Waals surface area (Å²) in [6, 6.07) is 9.20. The molecule has 0 unspecified atom stereocenters. The van der Waals surface area contributed by atoms with Gasteiger partial charge in [0.15, 0.2) is 0 Å². The molecule has 1 saturated carbocycles. The standard InChI is InChI=1S/C19H27N5O/c1-15(23(2)18-6-7-18)11-21-19(25)22-12-16-4-3-5-17(10-16)13-24-9-8-20-14-24/h3-5,8-10,14-15,18H,6-7,11-13H2,1-2H3,(H2,21,22,25)/t15-/m0/s1. The first-order valence-corrected chi connectivity index (χ1v) is 8.89. The van der Waals surface area contributed by atoms with Gasteiger partial charge in [-0.05, 0) is 37.9 Å². The molecule has 2 amide bonds. The average Bonchev–Trinajstić information content (AvgIpc) is 3.35. The maximum atomic E-state index is 12.0. The number of aromatic nitrogens is 2. The predicted molar refractivity (Wildman–Crippen MR) is 98.3 cm³/mol. The highest BCUT2D eigenvalue weighted by Crippen LogP contribution is 2.26. The summed E-state index contributed by atoms with van der Waals surface area (Å²) in [5.41, 5.74) is 2.29. The van der Waals surface area contributed by atoms with Crippen LogP contribution in [0.2, 0.25) is 0 Å². The van der Waals surface area contributed by atoms with Gasteiger partial charge in [-0.2, -0.15) is 0 Å². The van der Waals surface area contributed by atoms with Gasteiger partial charge < -0.3 is 15.2 Å². The van der Waals surface area contributed by atoms with E-state index in [0.717, 1.165) is 12.1 Å². The van der Waals surface area contributed by atoms with Gasteiger partial charge in [-0.1, -0.05) is 24.3 Å². The molecule has 1 aliphatic carbocycles. The Morgan fingerprint density at radius 1 is 1.36 bits per heavy atom. The lowest BCUT2D eigenvalue weighted by molar-refractivity contribution is 0.222. The lowest BCUT2D eigenvalue weighted by Gasteiger charge is -2.24. The van der Waals surface area contributed by atoms with Crippen molar-refractivity contribution in [1.29, 1.82) is 0 Å². The van der Waals surface area contributed by atoms with Gasteiger partial charge in [0.2, 0.25) is 0 Å². The van der Waals surface area contributed by atoms with Gasteiger partial charge in [0.25, 0.3) is 0 Å². The lowest BCUT2D eigenvalue weighted by Crippen LogP contribution is -2.44. The summed E-state index contributed by atoms with van der Waals surface area (Å²) >= 11 is 0. The zero-order valence-electron chi connectivity index (χ0n) is 15.0. The minimum absolute atomic E-state index is 0.115. The Morgan fingerprint density at radius 3 is 2.88 bits per heavy atom. The highest BCUT2D eigenvalue weighted by Gasteiger charge is 2.29. The van der Waals surface area contributed by atoms with Crippen molar-refractivity contribution in [2.75, 3.05) is 13.6 Å². The minimum atomic E-state index is -0.115. The van der Waals surface area contributed by atoms with Crippen LogP contribution in [0.4, 0.5) is 4.79 Å². The molecule has 134 valence electrons. The second kappa shape index (κ2) is 8.16. The van der Waals surface area contributed by atoms with Crippen LogP contribution < -0.4 is 10.6 Å². The Hall–Kier alpha value is -2.34. The van der Waals surface area contributed by atoms with E-state index >= 15 is 0 Å². The van der Waals surface area contributed by atoms with Crippen molar-refractivity contribution >= 4 is 6.03 Å². The maximum absolute atomic E-state index is 12.0. The molecule has 0 bridgehead atoms. The Bertz CT molecular complexity index is 681. The lowest BCUT2D eigenvalue weighted by atomic mass is 10.1. The number of nitrogens with one attached hydrogen (secondary N) is 2. The van der Waals surface area contributed by atoms with Crippen LogP contribution >= 0.6 is 0 Å². The Morgan fingerprint density at radius 2 is 2.16 bits per heavy atom. The van der Waals surface area contributed by atoms with Gasteiger partial charge >= 0.3 is 6.03 Å². The normalized spacial score (nSPS) is 15.2. The van der Waals surface area contributed by atoms with Crippen molar-refractivity contribution < 1.29 is 4.79 Å². The Balaban J connectivity index is 1.42. The van der Waals surface area contributed by atoms with Crippen LogP contribution in [0, 0.1) is 0 Å². The number of amides is 2. The fraction of sp³-hybridized carbons (Fsp3) is 0.474. The number of nitrogens with zero attached hydrogens (tertiary/aromatic N) is 3. The Labute approximate surface area is 149 Å². The van der Waals surface area contributed by atoms with Crippen molar-refractivity contribution in [2.45, 2.75) is 44.9 Å². The van der Waals surface area contributed by atoms with E-state index in [0.29, 0.717) is 25.2 Å². The van der Waals surface area contributed by atoms with Gasteiger partial charge in [0, 0.05) is 44.1 Å². The molecular formula is C19H27N5O. The van der Waals surface area contributed by atoms with Gasteiger partial charge in [0.1, 0.15) is 0 Å². The quantitative estimate of drug-likeness (QED) is 0.774. The summed E-state index contributed by atoms with van der Waals surface area (Å²) in [6.07, 6.45) is 8.08. The summed E-state index contributed by atoms with van der Waals surface area (Å²) in [5, 5.41) is 5.90. The van der Waals surface area contributed by atoms with E-state index < -0.39 is 0 Å². The van der Waals surface area contributed by atoms with Gasteiger partial charge in [-0.3, -0.25) is 4.90 Å². The molecule has 1 aromatic carbocycles. The number of likely N-dealkylation sites (N-methyl/N-ethyl adjacent to an activating group) is 1. The van der Waals surface area contributed by atoms with Crippen molar-refractivity contribution in [1.82, 2.24) is 25.1 Å². The van der Waals surface area contributed by atoms with Gasteiger partial charge in [-0.15, -0.1) is 0 Å². The van der Waals surface area contributed by atoms with E-state index in [4.69, 9.17) is 0 Å². The monoisotopic (exact) mass is 341 g/mol. The first-order valence-electron chi connectivity index (χ1n) is 8.89. The summed E-state index contributed by atoms with van der Waals surface area (Å²) in [5.74, 6) is 0. The number of rotatable bonds is 8. The van der Waals surface area contributed by atoms with E-state index in [1.165, 1.54) is 18.4 Å². The third-order valence-corrected chi connectivity index (χ3v) is 4.74. The SMILES string of the molecule is C[C@@H](CNC(=O)NCc1cccc(Cn2ccnc2)c1)N(C)C1CC1. The molecule has 3 rings (SSSR count). The second-order valence-corrected chi connectivity index (χ2v) is 6.86. The number of carbonyl (C=O) groups excluding carboxylic acids is 1. The van der Waals surface area contributed by atoms with Crippen LogP contribution in [0.1, 0.15) is 30.9 Å². The molecule has 0 spiro atoms. The van der Waals surface area contributed by atoms with Crippen molar-refractivity contribution in [3.05, 3.63) is 54.1 Å². The van der Waals surface area contributed by atoms with Crippen LogP contribution in [0.15, 0.2) is 43.0 Å². The van der Waals surface area contributed by atoms with Crippen molar-refractivity contribution in [3.8, 4) is 0 Å². The second-order valence-electron chi connectivity index (χ2n) is 6.86. The molecule has 0 aliphatic heterocycles. The van der Waals surface area contributed by atoms with Crippen LogP contribution in [-0.4, -0.2) is 46.2 Å². The first-order chi connectivity index (χ1) is 12.1. The fourth-order valence-electron chi connectivity index (χ4n) is 2.90. The van der Waals surface area contributed by atoms with Crippen LogP contribution in [0.5, 0.6) is 0 Å². The highest BCUT2D eigenvalue weighted by atomic mass is 16.2. The number of hydrogen-bond donors (Lipinski definition) is 2. The molecule has 6 heteroatoms. The fourth-order valence-corrected chi connectivity index (χ4v) is 2.90. The van der Waals surface area contributed by atoms with E-state index in [2.05, 4.69) is 46.6 Å². The van der Waals surface area contributed by atoms with E-state index in [1.54, 1.807) is 12.5 Å². The van der Waals surface area contributed by atoms with E-state index in [1.807, 2.05) is 22.9 Å². The zero-order chi connectivity index (χ0) is 17.6. The third kappa shape index (κ3) is 5.32. The summed E-state index contributed by atoms with van der Waals surface area (Å²) < 4.78 is 2.02. The van der Waals surface area contributed by atoms with E-state index in [-0.39, 0.29) is 6.03 Å². The molecular weight excluding hydrogens is 314 g/mol. The molecule has 0 saturated heterocycles. The molecule has 1 aromatic heterocycles. The van der Waals surface area contributed by atoms with Crippen molar-refractivity contribution in [2.24, 2.45) is 0 Å². The smallest absolute Gasteiger partial charge is 0.315 e. The van der Waals surface area contributed by atoms with Crippen LogP contribution in [0.3, 0.4) is 0 Å². The molecule has 6 nitrogen and oxygen atoms in total. The molecule has 1 fully saturated rings. The number of hydrogen-bond acceptors (Lipinski definition) is 3. The predicted octanol–water partition coefficient (Wildman–Crippen LogP) is 2.21. The topological polar surface area (TPSA) is 62.2 Å². The van der Waals surface area contributed by atoms with Crippen LogP contribution in [0.25, 0.3) is 0 Å². The van der Waals surface area contributed by atoms with Gasteiger partial charge in [0.05, 0.1) is 6.33 Å². The molecule has 1 aliphatic rings.